The Labute approximate surface area is 439 Å². The molecule has 1 aliphatic rings. The van der Waals surface area contributed by atoms with Gasteiger partial charge in [0.2, 0.25) is 53.2 Å². The second-order valence-electron chi connectivity index (χ2n) is 18.9. The minimum absolute atomic E-state index is 0.0105. The summed E-state index contributed by atoms with van der Waals surface area (Å²) in [6.07, 6.45) is -4.47. The molecule has 430 valence electrons. The van der Waals surface area contributed by atoms with E-state index in [0.717, 1.165) is 6.92 Å². The number of hydrogen-bond acceptors (Lipinski definition) is 16. The SMILES string of the molecule is CC[C@H](C)[C@H](NC(=O)[C@H](CC(N)=O)NC(=O)[C@@H](NC(=O)[C@H](CCCN=C(N)N)NC(=O)[C@H](CCC(=O)O)NC(=O)[C@@H](NC(=O)[C@@H](N)[C@@H](C)O)C(C)C)[C@@H](C)O)C(=O)N1CCC[C@H]1C(=O)N[C@@H](CCCN=C(N)N)C(=O)O. The number of rotatable bonds is 34. The topological polar surface area (TPSA) is 537 Å². The van der Waals surface area contributed by atoms with Crippen molar-refractivity contribution < 1.29 is 73.2 Å². The quantitative estimate of drug-likeness (QED) is 0.0162. The maximum atomic E-state index is 14.2. The van der Waals surface area contributed by atoms with Crippen molar-refractivity contribution in [2.24, 2.45) is 56.2 Å². The van der Waals surface area contributed by atoms with Gasteiger partial charge in [0.25, 0.3) is 0 Å². The molecule has 0 unspecified atom stereocenters. The van der Waals surface area contributed by atoms with E-state index in [2.05, 4.69) is 47.2 Å². The van der Waals surface area contributed by atoms with Gasteiger partial charge >= 0.3 is 11.9 Å². The Morgan fingerprint density at radius 1 is 0.592 bits per heavy atom. The fourth-order valence-corrected chi connectivity index (χ4v) is 7.62. The van der Waals surface area contributed by atoms with E-state index in [4.69, 9.17) is 34.4 Å². The van der Waals surface area contributed by atoms with E-state index in [1.54, 1.807) is 27.7 Å². The Morgan fingerprint density at radius 2 is 1.07 bits per heavy atom. The number of carboxylic acid groups (broad SMARTS) is 2. The van der Waals surface area contributed by atoms with Gasteiger partial charge < -0.3 is 96.9 Å². The van der Waals surface area contributed by atoms with Gasteiger partial charge in [-0.3, -0.25) is 57.9 Å². The molecule has 1 aliphatic heterocycles. The molecule has 9 amide bonds. The number of guanidine groups is 2. The molecule has 1 heterocycles. The number of carboxylic acids is 2. The molecule has 0 aliphatic carbocycles. The predicted octanol–water partition coefficient (Wildman–Crippen LogP) is -6.91. The Hall–Kier alpha value is -7.41. The fraction of sp³-hybridized carbons (Fsp3) is 0.711. The van der Waals surface area contributed by atoms with E-state index in [9.17, 15) is 73.2 Å². The van der Waals surface area contributed by atoms with Crippen LogP contribution in [-0.4, -0.2) is 189 Å². The average molecular weight is 1090 g/mol. The number of aliphatic hydroxyl groups excluding tert-OH is 2. The highest BCUT2D eigenvalue weighted by Gasteiger charge is 2.42. The molecular formula is C45H80N16O15. The summed E-state index contributed by atoms with van der Waals surface area (Å²) in [6.45, 7) is 8.79. The van der Waals surface area contributed by atoms with Crippen LogP contribution in [0.5, 0.6) is 0 Å². The van der Waals surface area contributed by atoms with Crippen molar-refractivity contribution in [2.75, 3.05) is 19.6 Å². The summed E-state index contributed by atoms with van der Waals surface area (Å²) in [4.78, 5) is 155. The first-order valence-corrected chi connectivity index (χ1v) is 24.8. The molecule has 0 radical (unpaired) electrons. The molecule has 0 bridgehead atoms. The zero-order valence-corrected chi connectivity index (χ0v) is 43.8. The fourth-order valence-electron chi connectivity index (χ4n) is 7.62. The lowest BCUT2D eigenvalue weighted by Crippen LogP contribution is -2.62. The van der Waals surface area contributed by atoms with Crippen LogP contribution in [0.25, 0.3) is 0 Å². The number of aliphatic carboxylic acids is 2. The minimum Gasteiger partial charge on any atom is -0.481 e. The molecule has 1 saturated heterocycles. The van der Waals surface area contributed by atoms with Gasteiger partial charge in [-0.25, -0.2) is 4.79 Å². The number of amides is 9. The van der Waals surface area contributed by atoms with E-state index in [1.165, 1.54) is 11.8 Å². The monoisotopic (exact) mass is 1080 g/mol. The number of nitrogens with two attached hydrogens (primary N) is 6. The van der Waals surface area contributed by atoms with Crippen LogP contribution in [0.1, 0.15) is 106 Å². The van der Waals surface area contributed by atoms with Crippen molar-refractivity contribution in [1.29, 1.82) is 0 Å². The molecule has 12 atom stereocenters. The molecule has 0 aromatic carbocycles. The number of carbonyl (C=O) groups excluding carboxylic acids is 9. The molecule has 1 rings (SSSR count). The van der Waals surface area contributed by atoms with Gasteiger partial charge in [-0.05, 0) is 70.6 Å². The van der Waals surface area contributed by atoms with Crippen LogP contribution in [-0.2, 0) is 52.7 Å². The van der Waals surface area contributed by atoms with Crippen molar-refractivity contribution in [1.82, 2.24) is 42.1 Å². The van der Waals surface area contributed by atoms with Gasteiger partial charge in [-0.1, -0.05) is 34.1 Å². The summed E-state index contributed by atoms with van der Waals surface area (Å²) >= 11 is 0. The molecule has 76 heavy (non-hydrogen) atoms. The second-order valence-corrected chi connectivity index (χ2v) is 18.9. The summed E-state index contributed by atoms with van der Waals surface area (Å²) < 4.78 is 0. The van der Waals surface area contributed by atoms with Crippen molar-refractivity contribution in [3.8, 4) is 0 Å². The third-order valence-corrected chi connectivity index (χ3v) is 12.2. The van der Waals surface area contributed by atoms with Crippen molar-refractivity contribution in [3.05, 3.63) is 0 Å². The number of carbonyl (C=O) groups is 11. The highest BCUT2D eigenvalue weighted by atomic mass is 16.4. The van der Waals surface area contributed by atoms with Crippen molar-refractivity contribution >= 4 is 77.0 Å². The van der Waals surface area contributed by atoms with Crippen LogP contribution in [0.2, 0.25) is 0 Å². The van der Waals surface area contributed by atoms with Crippen LogP contribution in [0.4, 0.5) is 0 Å². The first kappa shape index (κ1) is 66.6. The Balaban J connectivity index is 3.49. The second kappa shape index (κ2) is 32.8. The lowest BCUT2D eigenvalue weighted by Gasteiger charge is -2.33. The molecule has 0 aromatic rings. The number of hydrogen-bond donors (Lipinski definition) is 17. The number of nitrogens with one attached hydrogen (secondary N) is 7. The average Bonchev–Trinajstić information content (AvgIpc) is 3.83. The molecule has 31 nitrogen and oxygen atoms in total. The van der Waals surface area contributed by atoms with Gasteiger partial charge in [-0.15, -0.1) is 0 Å². The highest BCUT2D eigenvalue weighted by Crippen LogP contribution is 2.22. The zero-order valence-electron chi connectivity index (χ0n) is 43.8. The summed E-state index contributed by atoms with van der Waals surface area (Å²) in [5.41, 5.74) is 32.7. The van der Waals surface area contributed by atoms with Gasteiger partial charge in [-0.2, -0.15) is 0 Å². The van der Waals surface area contributed by atoms with Crippen molar-refractivity contribution in [2.45, 2.75) is 172 Å². The smallest absolute Gasteiger partial charge is 0.326 e. The first-order chi connectivity index (χ1) is 35.4. The Bertz CT molecular complexity index is 2100. The zero-order chi connectivity index (χ0) is 58.1. The molecule has 0 saturated carbocycles. The summed E-state index contributed by atoms with van der Waals surface area (Å²) in [6, 6.07) is -13.7. The molecule has 0 spiro atoms. The molecule has 23 N–H and O–H groups in total. The lowest BCUT2D eigenvalue weighted by atomic mass is 9.96. The van der Waals surface area contributed by atoms with Gasteiger partial charge in [0, 0.05) is 26.1 Å². The van der Waals surface area contributed by atoms with E-state index in [1.807, 2.05) is 0 Å². The summed E-state index contributed by atoms with van der Waals surface area (Å²) in [5, 5.41) is 56.6. The number of aliphatic imine (C=N–C) groups is 2. The summed E-state index contributed by atoms with van der Waals surface area (Å²) in [7, 11) is 0. The maximum Gasteiger partial charge on any atom is 0.326 e. The minimum atomic E-state index is -1.93. The Kier molecular flexibility index (Phi) is 28.7. The third-order valence-electron chi connectivity index (χ3n) is 12.2. The highest BCUT2D eigenvalue weighted by molar-refractivity contribution is 5.99. The van der Waals surface area contributed by atoms with Gasteiger partial charge in [0.1, 0.15) is 54.4 Å². The van der Waals surface area contributed by atoms with E-state index < -0.39 is 163 Å². The summed E-state index contributed by atoms with van der Waals surface area (Å²) in [5.74, 6) is -13.6. The van der Waals surface area contributed by atoms with E-state index >= 15 is 0 Å². The number of nitrogens with zero attached hydrogens (tertiary/aromatic N) is 3. The number of likely N-dealkylation sites (tertiary alicyclic amines) is 1. The van der Waals surface area contributed by atoms with Crippen molar-refractivity contribution in [3.63, 3.8) is 0 Å². The van der Waals surface area contributed by atoms with Crippen LogP contribution < -0.4 is 71.6 Å². The third kappa shape index (κ3) is 23.0. The van der Waals surface area contributed by atoms with Crippen LogP contribution in [0.15, 0.2) is 9.98 Å². The molecule has 0 aromatic heterocycles. The van der Waals surface area contributed by atoms with Gasteiger partial charge in [0.15, 0.2) is 11.9 Å². The van der Waals surface area contributed by atoms with Crippen LogP contribution >= 0.6 is 0 Å². The normalized spacial score (nSPS) is 17.4. The number of primary amides is 1. The maximum absolute atomic E-state index is 14.2. The lowest BCUT2D eigenvalue weighted by molar-refractivity contribution is -0.145. The first-order valence-electron chi connectivity index (χ1n) is 24.8. The Morgan fingerprint density at radius 3 is 1.55 bits per heavy atom. The largest absolute Gasteiger partial charge is 0.481 e. The predicted molar refractivity (Wildman–Crippen MR) is 272 cm³/mol. The molecule has 31 heteroatoms. The number of aliphatic hydroxyl groups is 2. The van der Waals surface area contributed by atoms with Crippen LogP contribution in [0, 0.1) is 11.8 Å². The standard InChI is InChI=1S/C45H80N16O15/c1-7-21(4)33(42(74)61-18-10-13-28(61)38(70)56-26(43(75)76)12-9-17-53-45(50)51)59-37(69)27(19-29(46)64)57-41(73)34(23(6)63)60-36(68)24(11-8-16-52-44(48)49)54-35(67)25(14-15-30(65)66)55-40(72)32(20(2)3)58-39(71)31(47)22(5)62/h20-28,31-34,62-63H,7-19,47H2,1-6H3,(H2,46,64)(H,54,67)(H,55,72)(H,56,70)(H,57,73)(H,58,71)(H,59,69)(H,60,68)(H,65,66)(H,75,76)(H4,48,49,52)(H4,50,51,53)/t21-,22+,23+,24-,25-,26-,27-,28-,31-,32-,33-,34-/m0/s1. The molecule has 1 fully saturated rings. The van der Waals surface area contributed by atoms with Crippen LogP contribution in [0.3, 0.4) is 0 Å². The van der Waals surface area contributed by atoms with E-state index in [0.29, 0.717) is 6.42 Å². The van der Waals surface area contributed by atoms with Gasteiger partial charge in [0.05, 0.1) is 18.6 Å². The molecular weight excluding hydrogens is 1000 g/mol. The van der Waals surface area contributed by atoms with E-state index in [-0.39, 0.29) is 70.1 Å².